The van der Waals surface area contributed by atoms with E-state index < -0.39 is 0 Å². The van der Waals surface area contributed by atoms with E-state index in [-0.39, 0.29) is 5.91 Å². The Morgan fingerprint density at radius 2 is 1.97 bits per heavy atom. The van der Waals surface area contributed by atoms with Crippen molar-refractivity contribution in [3.8, 4) is 0 Å². The van der Waals surface area contributed by atoms with E-state index in [1.54, 1.807) is 28.9 Å². The van der Waals surface area contributed by atoms with E-state index in [9.17, 15) is 4.79 Å². The van der Waals surface area contributed by atoms with Crippen molar-refractivity contribution in [1.29, 1.82) is 0 Å². The lowest BCUT2D eigenvalue weighted by Gasteiger charge is -2.15. The van der Waals surface area contributed by atoms with Crippen LogP contribution in [-0.4, -0.2) is 34.6 Å². The van der Waals surface area contributed by atoms with Gasteiger partial charge in [-0.25, -0.2) is 4.99 Å². The van der Waals surface area contributed by atoms with Gasteiger partial charge in [0.15, 0.2) is 5.17 Å². The van der Waals surface area contributed by atoms with Gasteiger partial charge in [-0.1, -0.05) is 36.0 Å². The van der Waals surface area contributed by atoms with Crippen molar-refractivity contribution < 1.29 is 4.79 Å². The van der Waals surface area contributed by atoms with Crippen LogP contribution in [0.2, 0.25) is 0 Å². The lowest BCUT2D eigenvalue weighted by atomic mass is 10.2. The molecule has 3 heterocycles. The molecule has 2 aliphatic heterocycles. The van der Waals surface area contributed by atoms with Crippen LogP contribution in [-0.2, 0) is 4.79 Å². The van der Waals surface area contributed by atoms with Crippen LogP contribution in [0.4, 0.5) is 11.4 Å². The van der Waals surface area contributed by atoms with Gasteiger partial charge in [-0.3, -0.25) is 14.7 Å². The zero-order valence-electron chi connectivity index (χ0n) is 16.3. The number of rotatable bonds is 3. The van der Waals surface area contributed by atoms with E-state index in [1.807, 2.05) is 49.5 Å². The number of nitrogens with zero attached hydrogens (tertiary/aromatic N) is 4. The standard InChI is InChI=1S/C23H18N4OS2/c1-3-14-27-21(28)20(22-26(2)18-11-4-5-12-19(18)29-22)30-23(27)25-17-10-6-9-16-15(17)8-7-13-24-16/h3-13H,1,14H2,2H3/b22-20-,25-23?. The lowest BCUT2D eigenvalue weighted by molar-refractivity contribution is -0.121. The molecule has 0 aliphatic carbocycles. The smallest absolute Gasteiger partial charge is 0.269 e. The average Bonchev–Trinajstić information content (AvgIpc) is 3.26. The highest BCUT2D eigenvalue weighted by atomic mass is 32.2. The highest BCUT2D eigenvalue weighted by Gasteiger charge is 2.38. The molecular weight excluding hydrogens is 412 g/mol. The first-order valence-corrected chi connectivity index (χ1v) is 11.1. The van der Waals surface area contributed by atoms with Gasteiger partial charge in [0.1, 0.15) is 4.91 Å². The Hall–Kier alpha value is -3.03. The molecule has 1 saturated heterocycles. The minimum absolute atomic E-state index is 0.0424. The van der Waals surface area contributed by atoms with Crippen LogP contribution >= 0.6 is 23.5 Å². The Balaban J connectivity index is 1.59. The second kappa shape index (κ2) is 7.66. The first-order valence-electron chi connectivity index (χ1n) is 9.45. The summed E-state index contributed by atoms with van der Waals surface area (Å²) in [5.74, 6) is -0.0424. The maximum Gasteiger partial charge on any atom is 0.269 e. The molecule has 5 rings (SSSR count). The number of hydrogen-bond acceptors (Lipinski definition) is 6. The van der Waals surface area contributed by atoms with Crippen LogP contribution in [0.3, 0.4) is 0 Å². The predicted octanol–water partition coefficient (Wildman–Crippen LogP) is 5.39. The first-order chi connectivity index (χ1) is 14.7. The minimum atomic E-state index is -0.0424. The maximum atomic E-state index is 13.3. The zero-order valence-corrected chi connectivity index (χ0v) is 17.9. The van der Waals surface area contributed by atoms with Crippen LogP contribution in [0, 0.1) is 0 Å². The number of carbonyl (C=O) groups excluding carboxylic acids is 1. The van der Waals surface area contributed by atoms with E-state index >= 15 is 0 Å². The summed E-state index contributed by atoms with van der Waals surface area (Å²) in [6.45, 7) is 4.23. The summed E-state index contributed by atoms with van der Waals surface area (Å²) in [6.07, 6.45) is 3.50. The highest BCUT2D eigenvalue weighted by molar-refractivity contribution is 8.19. The van der Waals surface area contributed by atoms with Crippen molar-refractivity contribution in [1.82, 2.24) is 9.88 Å². The van der Waals surface area contributed by atoms with E-state index in [1.165, 1.54) is 11.8 Å². The van der Waals surface area contributed by atoms with Crippen molar-refractivity contribution in [2.24, 2.45) is 4.99 Å². The Kier molecular flexibility index (Phi) is 4.84. The molecule has 0 radical (unpaired) electrons. The predicted molar refractivity (Wildman–Crippen MR) is 126 cm³/mol. The molecule has 148 valence electrons. The van der Waals surface area contributed by atoms with Gasteiger partial charge in [0.2, 0.25) is 0 Å². The van der Waals surface area contributed by atoms with Gasteiger partial charge in [0, 0.05) is 30.1 Å². The third-order valence-electron chi connectivity index (χ3n) is 4.95. The fourth-order valence-electron chi connectivity index (χ4n) is 3.50. The Morgan fingerprint density at radius 3 is 2.80 bits per heavy atom. The summed E-state index contributed by atoms with van der Waals surface area (Å²) in [7, 11) is 2.00. The molecule has 0 unspecified atom stereocenters. The first kappa shape index (κ1) is 19.0. The largest absolute Gasteiger partial charge is 0.337 e. The number of aliphatic imine (C=N–C) groups is 1. The third kappa shape index (κ3) is 3.11. The molecule has 1 fully saturated rings. The van der Waals surface area contributed by atoms with Crippen molar-refractivity contribution in [2.45, 2.75) is 4.90 Å². The number of amidine groups is 1. The van der Waals surface area contributed by atoms with Gasteiger partial charge >= 0.3 is 0 Å². The second-order valence-corrected chi connectivity index (χ2v) is 8.82. The molecule has 5 nitrogen and oxygen atoms in total. The molecule has 0 atom stereocenters. The van der Waals surface area contributed by atoms with E-state index in [4.69, 9.17) is 4.99 Å². The molecule has 0 spiro atoms. The highest BCUT2D eigenvalue weighted by Crippen LogP contribution is 2.50. The molecule has 0 bridgehead atoms. The maximum absolute atomic E-state index is 13.3. The number of benzene rings is 2. The van der Waals surface area contributed by atoms with Crippen LogP contribution in [0.5, 0.6) is 0 Å². The van der Waals surface area contributed by atoms with Gasteiger partial charge in [-0.05, 0) is 48.2 Å². The van der Waals surface area contributed by atoms with E-state index in [0.717, 1.165) is 32.2 Å². The van der Waals surface area contributed by atoms with E-state index in [0.29, 0.717) is 16.6 Å². The van der Waals surface area contributed by atoms with Gasteiger partial charge in [-0.2, -0.15) is 0 Å². The molecule has 3 aromatic rings. The summed E-state index contributed by atoms with van der Waals surface area (Å²) in [5, 5.41) is 2.55. The topological polar surface area (TPSA) is 48.8 Å². The second-order valence-electron chi connectivity index (χ2n) is 6.81. The summed E-state index contributed by atoms with van der Waals surface area (Å²) >= 11 is 3.04. The van der Waals surface area contributed by atoms with Gasteiger partial charge in [0.25, 0.3) is 5.91 Å². The third-order valence-corrected chi connectivity index (χ3v) is 7.38. The number of pyridine rings is 1. The molecule has 30 heavy (non-hydrogen) atoms. The molecule has 0 N–H and O–H groups in total. The van der Waals surface area contributed by atoms with Crippen molar-refractivity contribution >= 4 is 56.9 Å². The Morgan fingerprint density at radius 1 is 1.10 bits per heavy atom. The SMILES string of the molecule is C=CCN1C(=O)/C(=C2/Sc3ccccc3N2C)SC1=Nc1cccc2ncccc12. The average molecular weight is 431 g/mol. The Bertz CT molecular complexity index is 1250. The minimum Gasteiger partial charge on any atom is -0.337 e. The van der Waals surface area contributed by atoms with Crippen molar-refractivity contribution in [3.05, 3.63) is 83.4 Å². The number of carbonyl (C=O) groups is 1. The molecule has 0 saturated carbocycles. The van der Waals surface area contributed by atoms with E-state index in [2.05, 4.69) is 28.6 Å². The number of hydrogen-bond donors (Lipinski definition) is 0. The number of fused-ring (bicyclic) bond motifs is 2. The molecule has 1 amide bonds. The summed E-state index contributed by atoms with van der Waals surface area (Å²) in [5.41, 5.74) is 2.79. The summed E-state index contributed by atoms with van der Waals surface area (Å²) in [4.78, 5) is 28.2. The van der Waals surface area contributed by atoms with Gasteiger partial charge in [-0.15, -0.1) is 6.58 Å². The van der Waals surface area contributed by atoms with Crippen LogP contribution in [0.15, 0.2) is 93.3 Å². The molecule has 2 aliphatic rings. The molecule has 2 aromatic carbocycles. The number of amides is 1. The number of para-hydroxylation sites is 1. The van der Waals surface area contributed by atoms with Gasteiger partial charge < -0.3 is 4.90 Å². The number of aromatic nitrogens is 1. The number of anilines is 1. The monoisotopic (exact) mass is 430 g/mol. The number of thioether (sulfide) groups is 2. The zero-order chi connectivity index (χ0) is 20.7. The van der Waals surface area contributed by atoms with Crippen molar-refractivity contribution in [2.75, 3.05) is 18.5 Å². The Labute approximate surface area is 183 Å². The van der Waals surface area contributed by atoms with Crippen LogP contribution in [0.25, 0.3) is 10.9 Å². The summed E-state index contributed by atoms with van der Waals surface area (Å²) in [6, 6.07) is 17.9. The van der Waals surface area contributed by atoms with Gasteiger partial charge in [0.05, 0.1) is 21.9 Å². The molecule has 1 aromatic heterocycles. The lowest BCUT2D eigenvalue weighted by Crippen LogP contribution is -2.29. The molecule has 7 heteroatoms. The quantitative estimate of drug-likeness (QED) is 0.412. The van der Waals surface area contributed by atoms with Crippen LogP contribution < -0.4 is 4.90 Å². The fourth-order valence-corrected chi connectivity index (χ4v) is 5.84. The fraction of sp³-hybridized carbons (Fsp3) is 0.0870. The van der Waals surface area contributed by atoms with Crippen LogP contribution in [0.1, 0.15) is 0 Å². The summed E-state index contributed by atoms with van der Waals surface area (Å²) < 4.78 is 0. The molecular formula is C23H18N4OS2. The van der Waals surface area contributed by atoms with Crippen molar-refractivity contribution in [3.63, 3.8) is 0 Å². The normalized spacial score (nSPS) is 19.8.